The number of carbonyl (C=O) groups is 2. The number of nitrogens with zero attached hydrogens (tertiary/aromatic N) is 1. The molecule has 8 heteroatoms. The molecule has 2 N–H and O–H groups in total. The SMILES string of the molecule is CC(=O)Nc1cccc(C(=O)NCC2CCN(S(C)(=O)=O)CC2)c1. The first-order chi connectivity index (χ1) is 11.3. The zero-order valence-electron chi connectivity index (χ0n) is 13.9. The Labute approximate surface area is 142 Å². The van der Waals surface area contributed by atoms with Gasteiger partial charge in [0.2, 0.25) is 15.9 Å². The van der Waals surface area contributed by atoms with E-state index in [0.29, 0.717) is 30.9 Å². The fraction of sp³-hybridized carbons (Fsp3) is 0.500. The molecule has 0 aliphatic carbocycles. The van der Waals surface area contributed by atoms with Gasteiger partial charge in [-0.05, 0) is 37.0 Å². The molecule has 0 aromatic heterocycles. The molecule has 0 spiro atoms. The molecular formula is C16H23N3O4S. The smallest absolute Gasteiger partial charge is 0.251 e. The lowest BCUT2D eigenvalue weighted by atomic mass is 9.98. The van der Waals surface area contributed by atoms with Crippen LogP contribution >= 0.6 is 0 Å². The summed E-state index contributed by atoms with van der Waals surface area (Å²) >= 11 is 0. The van der Waals surface area contributed by atoms with Crippen LogP contribution < -0.4 is 10.6 Å². The van der Waals surface area contributed by atoms with Crippen molar-refractivity contribution in [3.63, 3.8) is 0 Å². The molecule has 1 aliphatic heterocycles. The third kappa shape index (κ3) is 5.31. The molecule has 7 nitrogen and oxygen atoms in total. The lowest BCUT2D eigenvalue weighted by Crippen LogP contribution is -2.41. The highest BCUT2D eigenvalue weighted by atomic mass is 32.2. The summed E-state index contributed by atoms with van der Waals surface area (Å²) in [6.07, 6.45) is 2.69. The number of benzene rings is 1. The van der Waals surface area contributed by atoms with E-state index in [1.807, 2.05) is 0 Å². The van der Waals surface area contributed by atoms with E-state index in [9.17, 15) is 18.0 Å². The molecule has 1 saturated heterocycles. The summed E-state index contributed by atoms with van der Waals surface area (Å²) in [7, 11) is -3.13. The van der Waals surface area contributed by atoms with Crippen molar-refractivity contribution in [1.29, 1.82) is 0 Å². The first kappa shape index (κ1) is 18.4. The van der Waals surface area contributed by atoms with Crippen LogP contribution in [0.2, 0.25) is 0 Å². The van der Waals surface area contributed by atoms with Crippen LogP contribution in [0, 0.1) is 5.92 Å². The van der Waals surface area contributed by atoms with Gasteiger partial charge in [0, 0.05) is 37.8 Å². The fourth-order valence-electron chi connectivity index (χ4n) is 2.73. The van der Waals surface area contributed by atoms with Crippen molar-refractivity contribution in [2.75, 3.05) is 31.2 Å². The third-order valence-electron chi connectivity index (χ3n) is 4.04. The van der Waals surface area contributed by atoms with Gasteiger partial charge < -0.3 is 10.6 Å². The van der Waals surface area contributed by atoms with Crippen molar-refractivity contribution in [3.8, 4) is 0 Å². The van der Waals surface area contributed by atoms with Crippen molar-refractivity contribution in [2.24, 2.45) is 5.92 Å². The van der Waals surface area contributed by atoms with Gasteiger partial charge in [-0.2, -0.15) is 0 Å². The van der Waals surface area contributed by atoms with Gasteiger partial charge in [-0.25, -0.2) is 12.7 Å². The number of sulfonamides is 1. The van der Waals surface area contributed by atoms with Gasteiger partial charge in [0.25, 0.3) is 5.91 Å². The average molecular weight is 353 g/mol. The Morgan fingerprint density at radius 2 is 1.92 bits per heavy atom. The summed E-state index contributed by atoms with van der Waals surface area (Å²) in [5.41, 5.74) is 1.06. The zero-order valence-corrected chi connectivity index (χ0v) is 14.7. The molecule has 132 valence electrons. The number of anilines is 1. The Bertz CT molecular complexity index is 710. The minimum Gasteiger partial charge on any atom is -0.352 e. The highest BCUT2D eigenvalue weighted by Crippen LogP contribution is 2.18. The van der Waals surface area contributed by atoms with Crippen molar-refractivity contribution < 1.29 is 18.0 Å². The molecule has 0 unspecified atom stereocenters. The Morgan fingerprint density at radius 3 is 2.50 bits per heavy atom. The summed E-state index contributed by atoms with van der Waals surface area (Å²) in [5, 5.41) is 5.53. The molecule has 24 heavy (non-hydrogen) atoms. The predicted octanol–water partition coefficient (Wildman–Crippen LogP) is 1.05. The minimum absolute atomic E-state index is 0.190. The fourth-order valence-corrected chi connectivity index (χ4v) is 3.60. The summed E-state index contributed by atoms with van der Waals surface area (Å²) < 4.78 is 24.4. The van der Waals surface area contributed by atoms with E-state index in [4.69, 9.17) is 0 Å². The Morgan fingerprint density at radius 1 is 1.25 bits per heavy atom. The topological polar surface area (TPSA) is 95.6 Å². The van der Waals surface area contributed by atoms with Crippen molar-refractivity contribution in [3.05, 3.63) is 29.8 Å². The van der Waals surface area contributed by atoms with Crippen LogP contribution in [0.4, 0.5) is 5.69 Å². The zero-order chi connectivity index (χ0) is 17.7. The van der Waals surface area contributed by atoms with E-state index < -0.39 is 10.0 Å². The summed E-state index contributed by atoms with van der Waals surface area (Å²) in [6, 6.07) is 6.75. The Kier molecular flexibility index (Phi) is 5.95. The maximum Gasteiger partial charge on any atom is 0.251 e. The third-order valence-corrected chi connectivity index (χ3v) is 5.34. The van der Waals surface area contributed by atoms with E-state index in [1.54, 1.807) is 24.3 Å². The number of carbonyl (C=O) groups excluding carboxylic acids is 2. The molecule has 1 aliphatic rings. The second-order valence-electron chi connectivity index (χ2n) is 6.08. The highest BCUT2D eigenvalue weighted by molar-refractivity contribution is 7.88. The van der Waals surface area contributed by atoms with Gasteiger partial charge in [-0.3, -0.25) is 9.59 Å². The molecule has 0 saturated carbocycles. The minimum atomic E-state index is -3.13. The normalized spacial score (nSPS) is 16.6. The number of amides is 2. The monoisotopic (exact) mass is 353 g/mol. The van der Waals surface area contributed by atoms with E-state index in [1.165, 1.54) is 17.5 Å². The maximum atomic E-state index is 12.2. The van der Waals surface area contributed by atoms with E-state index in [0.717, 1.165) is 12.8 Å². The second kappa shape index (κ2) is 7.76. The molecule has 1 fully saturated rings. The maximum absolute atomic E-state index is 12.2. The van der Waals surface area contributed by atoms with Gasteiger partial charge in [-0.1, -0.05) is 6.07 Å². The van der Waals surface area contributed by atoms with Crippen LogP contribution in [0.3, 0.4) is 0 Å². The number of rotatable bonds is 5. The molecule has 0 bridgehead atoms. The predicted molar refractivity (Wildman–Crippen MR) is 92.2 cm³/mol. The number of hydrogen-bond acceptors (Lipinski definition) is 4. The summed E-state index contributed by atoms with van der Waals surface area (Å²) in [5.74, 6) is -0.122. The van der Waals surface area contributed by atoms with Crippen LogP contribution in [0.1, 0.15) is 30.1 Å². The quantitative estimate of drug-likeness (QED) is 0.827. The Hall–Kier alpha value is -1.93. The Balaban J connectivity index is 1.85. The molecule has 2 rings (SSSR count). The molecule has 2 amide bonds. The van der Waals surface area contributed by atoms with Gasteiger partial charge in [0.05, 0.1) is 6.26 Å². The van der Waals surface area contributed by atoms with Crippen molar-refractivity contribution in [2.45, 2.75) is 19.8 Å². The van der Waals surface area contributed by atoms with Crippen LogP contribution in [0.25, 0.3) is 0 Å². The largest absolute Gasteiger partial charge is 0.352 e. The number of nitrogens with one attached hydrogen (secondary N) is 2. The van der Waals surface area contributed by atoms with Gasteiger partial charge in [0.15, 0.2) is 0 Å². The van der Waals surface area contributed by atoms with Crippen molar-refractivity contribution >= 4 is 27.5 Å². The van der Waals surface area contributed by atoms with E-state index in [2.05, 4.69) is 10.6 Å². The van der Waals surface area contributed by atoms with Gasteiger partial charge >= 0.3 is 0 Å². The molecule has 1 heterocycles. The molecule has 1 aromatic rings. The first-order valence-electron chi connectivity index (χ1n) is 7.86. The molecule has 0 radical (unpaired) electrons. The molecule has 0 atom stereocenters. The molecule has 1 aromatic carbocycles. The lowest BCUT2D eigenvalue weighted by Gasteiger charge is -2.30. The number of hydrogen-bond donors (Lipinski definition) is 2. The van der Waals surface area contributed by atoms with E-state index in [-0.39, 0.29) is 17.7 Å². The van der Waals surface area contributed by atoms with E-state index >= 15 is 0 Å². The van der Waals surface area contributed by atoms with Gasteiger partial charge in [-0.15, -0.1) is 0 Å². The first-order valence-corrected chi connectivity index (χ1v) is 9.71. The number of piperidine rings is 1. The van der Waals surface area contributed by atoms with Crippen LogP contribution in [0.5, 0.6) is 0 Å². The average Bonchev–Trinajstić information content (AvgIpc) is 2.52. The lowest BCUT2D eigenvalue weighted by molar-refractivity contribution is -0.114. The highest BCUT2D eigenvalue weighted by Gasteiger charge is 2.25. The summed E-state index contributed by atoms with van der Waals surface area (Å²) in [6.45, 7) is 2.92. The molecular weight excluding hydrogens is 330 g/mol. The standard InChI is InChI=1S/C16H23N3O4S/c1-12(20)18-15-5-3-4-14(10-15)16(21)17-11-13-6-8-19(9-7-13)24(2,22)23/h3-5,10,13H,6-9,11H2,1-2H3,(H,17,21)(H,18,20). The summed E-state index contributed by atoms with van der Waals surface area (Å²) in [4.78, 5) is 23.3. The van der Waals surface area contributed by atoms with Crippen molar-refractivity contribution in [1.82, 2.24) is 9.62 Å². The van der Waals surface area contributed by atoms with Gasteiger partial charge in [0.1, 0.15) is 0 Å². The van der Waals surface area contributed by atoms with Crippen LogP contribution in [-0.2, 0) is 14.8 Å². The second-order valence-corrected chi connectivity index (χ2v) is 8.06. The van der Waals surface area contributed by atoms with Crippen LogP contribution in [0.15, 0.2) is 24.3 Å². The van der Waals surface area contributed by atoms with Crippen LogP contribution in [-0.4, -0.2) is 50.4 Å².